The van der Waals surface area contributed by atoms with Crippen LogP contribution in [0.5, 0.6) is 0 Å². The van der Waals surface area contributed by atoms with Gasteiger partial charge in [-0.05, 0) is 63.4 Å². The maximum atomic E-state index is 12.6. The number of rotatable bonds is 5. The van der Waals surface area contributed by atoms with Gasteiger partial charge in [0.2, 0.25) is 0 Å². The minimum atomic E-state index is -0.285. The summed E-state index contributed by atoms with van der Waals surface area (Å²) in [5.74, 6) is 0. The number of aromatic nitrogens is 1. The number of piperidine rings is 1. The Bertz CT molecular complexity index is 989. The van der Waals surface area contributed by atoms with E-state index >= 15 is 0 Å². The first-order chi connectivity index (χ1) is 13.9. The van der Waals surface area contributed by atoms with Gasteiger partial charge in [-0.3, -0.25) is 4.79 Å². The van der Waals surface area contributed by atoms with E-state index in [1.807, 2.05) is 12.1 Å². The predicted molar refractivity (Wildman–Crippen MR) is 119 cm³/mol. The molecule has 1 aliphatic heterocycles. The molecule has 1 spiro atoms. The highest BCUT2D eigenvalue weighted by Crippen LogP contribution is 2.49. The van der Waals surface area contributed by atoms with Crippen molar-refractivity contribution in [1.82, 2.24) is 9.88 Å². The van der Waals surface area contributed by atoms with Crippen molar-refractivity contribution < 1.29 is 0 Å². The summed E-state index contributed by atoms with van der Waals surface area (Å²) in [6.07, 6.45) is 6.34. The van der Waals surface area contributed by atoms with E-state index in [0.29, 0.717) is 5.41 Å². The summed E-state index contributed by atoms with van der Waals surface area (Å²) in [5, 5.41) is 10.7. The molecule has 2 fully saturated rings. The van der Waals surface area contributed by atoms with Gasteiger partial charge in [-0.1, -0.05) is 6.42 Å². The molecule has 6 heteroatoms. The molecule has 1 N–H and O–H groups in total. The van der Waals surface area contributed by atoms with Gasteiger partial charge >= 0.3 is 0 Å². The average Bonchev–Trinajstić information content (AvgIpc) is 2.69. The maximum absolute atomic E-state index is 12.6. The molecule has 4 rings (SSSR count). The van der Waals surface area contributed by atoms with Gasteiger partial charge in [0.15, 0.2) is 0 Å². The van der Waals surface area contributed by atoms with E-state index in [-0.39, 0.29) is 11.1 Å². The molecule has 1 aromatic heterocycles. The second kappa shape index (κ2) is 7.72. The van der Waals surface area contributed by atoms with Gasteiger partial charge in [0.25, 0.3) is 5.56 Å². The Kier molecular flexibility index (Phi) is 5.26. The van der Waals surface area contributed by atoms with Crippen LogP contribution in [-0.4, -0.2) is 57.2 Å². The Hall–Kier alpha value is -2.52. The predicted octanol–water partition coefficient (Wildman–Crippen LogP) is 3.17. The molecule has 154 valence electrons. The van der Waals surface area contributed by atoms with Crippen molar-refractivity contribution in [3.8, 4) is 6.07 Å². The SMILES string of the molecule is CN(C)CCN(C)c1ccc2[nH]c(=O)c(C#N)c(N3CCC4(CCC4)CC3)c2c1. The van der Waals surface area contributed by atoms with Crippen LogP contribution < -0.4 is 15.4 Å². The van der Waals surface area contributed by atoms with Crippen molar-refractivity contribution in [3.05, 3.63) is 34.1 Å². The van der Waals surface area contributed by atoms with Gasteiger partial charge in [-0.25, -0.2) is 0 Å². The molecule has 29 heavy (non-hydrogen) atoms. The Morgan fingerprint density at radius 3 is 2.45 bits per heavy atom. The first kappa shape index (κ1) is 19.8. The molecule has 2 aliphatic rings. The number of nitriles is 1. The van der Waals surface area contributed by atoms with E-state index in [9.17, 15) is 10.1 Å². The van der Waals surface area contributed by atoms with Crippen LogP contribution in [0.1, 0.15) is 37.7 Å². The summed E-state index contributed by atoms with van der Waals surface area (Å²) in [4.78, 5) is 22.2. The molecule has 0 unspecified atom stereocenters. The van der Waals surface area contributed by atoms with Crippen LogP contribution in [-0.2, 0) is 0 Å². The van der Waals surface area contributed by atoms with Gasteiger partial charge in [-0.15, -0.1) is 0 Å². The Morgan fingerprint density at radius 1 is 1.14 bits per heavy atom. The first-order valence-electron chi connectivity index (χ1n) is 10.6. The second-order valence-corrected chi connectivity index (χ2v) is 9.08. The van der Waals surface area contributed by atoms with Crippen molar-refractivity contribution in [3.63, 3.8) is 0 Å². The van der Waals surface area contributed by atoms with Crippen LogP contribution in [0.2, 0.25) is 0 Å². The molecule has 0 atom stereocenters. The normalized spacial score (nSPS) is 18.1. The molecule has 0 bridgehead atoms. The Labute approximate surface area is 172 Å². The summed E-state index contributed by atoms with van der Waals surface area (Å²) < 4.78 is 0. The maximum Gasteiger partial charge on any atom is 0.268 e. The van der Waals surface area contributed by atoms with Gasteiger partial charge in [0, 0.05) is 44.3 Å². The van der Waals surface area contributed by atoms with Gasteiger partial charge in [0.1, 0.15) is 11.6 Å². The number of benzene rings is 1. The minimum Gasteiger partial charge on any atom is -0.373 e. The molecule has 1 aliphatic carbocycles. The van der Waals surface area contributed by atoms with Gasteiger partial charge in [-0.2, -0.15) is 5.26 Å². The smallest absolute Gasteiger partial charge is 0.268 e. The van der Waals surface area contributed by atoms with E-state index in [1.165, 1.54) is 19.3 Å². The third kappa shape index (κ3) is 3.72. The Balaban J connectivity index is 1.73. The van der Waals surface area contributed by atoms with Crippen molar-refractivity contribution >= 4 is 22.3 Å². The lowest BCUT2D eigenvalue weighted by molar-refractivity contribution is 0.0956. The number of hydrogen-bond acceptors (Lipinski definition) is 5. The molecule has 6 nitrogen and oxygen atoms in total. The minimum absolute atomic E-state index is 0.246. The number of anilines is 2. The number of nitrogens with one attached hydrogen (secondary N) is 1. The number of nitrogens with zero attached hydrogens (tertiary/aromatic N) is 4. The van der Waals surface area contributed by atoms with E-state index in [2.05, 4.69) is 53.0 Å². The average molecular weight is 394 g/mol. The zero-order valence-corrected chi connectivity index (χ0v) is 17.8. The van der Waals surface area contributed by atoms with E-state index in [4.69, 9.17) is 0 Å². The van der Waals surface area contributed by atoms with E-state index < -0.39 is 0 Å². The van der Waals surface area contributed by atoms with Crippen molar-refractivity contribution in [1.29, 1.82) is 5.26 Å². The first-order valence-corrected chi connectivity index (χ1v) is 10.6. The fraction of sp³-hybridized carbons (Fsp3) is 0.565. The number of pyridine rings is 1. The van der Waals surface area contributed by atoms with E-state index in [1.54, 1.807) is 0 Å². The molecule has 2 heterocycles. The van der Waals surface area contributed by atoms with Crippen LogP contribution in [0, 0.1) is 16.7 Å². The second-order valence-electron chi connectivity index (χ2n) is 9.08. The number of fused-ring (bicyclic) bond motifs is 1. The zero-order valence-electron chi connectivity index (χ0n) is 17.8. The van der Waals surface area contributed by atoms with Crippen LogP contribution in [0.25, 0.3) is 10.9 Å². The highest BCUT2D eigenvalue weighted by atomic mass is 16.1. The molecule has 1 saturated carbocycles. The van der Waals surface area contributed by atoms with Gasteiger partial charge < -0.3 is 19.7 Å². The summed E-state index contributed by atoms with van der Waals surface area (Å²) in [6, 6.07) is 8.33. The largest absolute Gasteiger partial charge is 0.373 e. The number of hydrogen-bond donors (Lipinski definition) is 1. The number of H-pyrrole nitrogens is 1. The quantitative estimate of drug-likeness (QED) is 0.845. The molecular formula is C23H31N5O. The van der Waals surface area contributed by atoms with Gasteiger partial charge in [0.05, 0.1) is 11.2 Å². The lowest BCUT2D eigenvalue weighted by Gasteiger charge is -2.48. The monoisotopic (exact) mass is 393 g/mol. The Morgan fingerprint density at radius 2 is 1.86 bits per heavy atom. The van der Waals surface area contributed by atoms with Crippen LogP contribution in [0.3, 0.4) is 0 Å². The summed E-state index contributed by atoms with van der Waals surface area (Å²) in [5.41, 5.74) is 3.21. The standard InChI is InChI=1S/C23H31N5O/c1-26(2)13-14-27(3)17-5-6-20-18(15-17)21(19(16-24)22(29)25-20)28-11-9-23(10-12-28)7-4-8-23/h5-6,15H,4,7-14H2,1-3H3,(H,25,29). The molecule has 0 amide bonds. The fourth-order valence-electron chi connectivity index (χ4n) is 4.79. The summed E-state index contributed by atoms with van der Waals surface area (Å²) >= 11 is 0. The molecule has 1 saturated heterocycles. The third-order valence-electron chi connectivity index (χ3n) is 6.96. The highest BCUT2D eigenvalue weighted by Gasteiger charge is 2.40. The number of aromatic amines is 1. The van der Waals surface area contributed by atoms with Crippen molar-refractivity contribution in [2.75, 3.05) is 57.1 Å². The lowest BCUT2D eigenvalue weighted by Crippen LogP contribution is -2.44. The third-order valence-corrected chi connectivity index (χ3v) is 6.96. The topological polar surface area (TPSA) is 66.4 Å². The summed E-state index contributed by atoms with van der Waals surface area (Å²) in [6.45, 7) is 3.72. The number of likely N-dealkylation sites (N-methyl/N-ethyl adjacent to an activating group) is 2. The molecule has 1 aromatic carbocycles. The van der Waals surface area contributed by atoms with Crippen molar-refractivity contribution in [2.45, 2.75) is 32.1 Å². The van der Waals surface area contributed by atoms with Crippen LogP contribution in [0.4, 0.5) is 11.4 Å². The molecular weight excluding hydrogens is 362 g/mol. The highest BCUT2D eigenvalue weighted by molar-refractivity contribution is 5.96. The van der Waals surface area contributed by atoms with Crippen LogP contribution >= 0.6 is 0 Å². The van der Waals surface area contributed by atoms with E-state index in [0.717, 1.165) is 61.3 Å². The zero-order chi connectivity index (χ0) is 20.6. The molecule has 2 aromatic rings. The lowest BCUT2D eigenvalue weighted by atomic mass is 9.63. The fourth-order valence-corrected chi connectivity index (χ4v) is 4.79. The molecule has 0 radical (unpaired) electrons. The van der Waals surface area contributed by atoms with Crippen LogP contribution in [0.15, 0.2) is 23.0 Å². The van der Waals surface area contributed by atoms with Crippen molar-refractivity contribution in [2.24, 2.45) is 5.41 Å². The summed E-state index contributed by atoms with van der Waals surface area (Å²) in [7, 11) is 6.23.